The number of aliphatic imine (C=N–C) groups is 1. The average Bonchev–Trinajstić information content (AvgIpc) is 3.12. The van der Waals surface area contributed by atoms with Gasteiger partial charge in [0, 0.05) is 21.5 Å². The molecule has 5 heteroatoms. The van der Waals surface area contributed by atoms with Gasteiger partial charge >= 0.3 is 0 Å². The van der Waals surface area contributed by atoms with E-state index in [1.54, 1.807) is 6.07 Å². The van der Waals surface area contributed by atoms with Gasteiger partial charge in [-0.25, -0.2) is 4.99 Å². The predicted octanol–water partition coefficient (Wildman–Crippen LogP) is 7.16. The first-order valence-corrected chi connectivity index (χ1v) is 11.6. The molecule has 0 bridgehead atoms. The van der Waals surface area contributed by atoms with Crippen LogP contribution in [0.2, 0.25) is 5.02 Å². The Hall–Kier alpha value is -3.08. The molecule has 4 nitrogen and oxygen atoms in total. The third-order valence-electron chi connectivity index (χ3n) is 6.54. The molecule has 0 amide bonds. The Morgan fingerprint density at radius 2 is 1.58 bits per heavy atom. The highest BCUT2D eigenvalue weighted by Crippen LogP contribution is 2.36. The fourth-order valence-corrected chi connectivity index (χ4v) is 4.72. The zero-order valence-electron chi connectivity index (χ0n) is 19.4. The lowest BCUT2D eigenvalue weighted by atomic mass is 9.73. The zero-order chi connectivity index (χ0) is 23.8. The number of nitrogens with one attached hydrogen (secondary N) is 1. The van der Waals surface area contributed by atoms with E-state index in [-0.39, 0.29) is 5.88 Å². The smallest absolute Gasteiger partial charge is 0.199 e. The standard InChI is InChI=1S/C28H30ClN3O/c1-17(2)28(30,18(3)4)20-10-13-22(14-11-20)31-26(19-8-6-5-7-9-19)25-23-15-12-21(29)16-24(23)32-27(25)33/h5-18,32-33H,30H2,1-4H3. The number of hydrogen-bond donors (Lipinski definition) is 3. The second kappa shape index (κ2) is 9.05. The van der Waals surface area contributed by atoms with Crippen molar-refractivity contribution >= 4 is 33.9 Å². The van der Waals surface area contributed by atoms with Crippen LogP contribution in [0.15, 0.2) is 77.8 Å². The minimum absolute atomic E-state index is 0.0621. The number of nitrogens with zero attached hydrogens (tertiary/aromatic N) is 1. The van der Waals surface area contributed by atoms with Crippen molar-refractivity contribution in [2.75, 3.05) is 0 Å². The van der Waals surface area contributed by atoms with E-state index in [9.17, 15) is 5.11 Å². The van der Waals surface area contributed by atoms with E-state index in [2.05, 4.69) is 44.8 Å². The van der Waals surface area contributed by atoms with Gasteiger partial charge < -0.3 is 15.8 Å². The van der Waals surface area contributed by atoms with Crippen LogP contribution in [0.3, 0.4) is 0 Å². The molecular formula is C28H30ClN3O. The lowest BCUT2D eigenvalue weighted by molar-refractivity contribution is 0.227. The Morgan fingerprint density at radius 1 is 0.939 bits per heavy atom. The van der Waals surface area contributed by atoms with E-state index in [0.29, 0.717) is 28.1 Å². The molecule has 0 fully saturated rings. The molecule has 4 N–H and O–H groups in total. The van der Waals surface area contributed by atoms with Crippen LogP contribution in [-0.4, -0.2) is 15.8 Å². The maximum absolute atomic E-state index is 10.8. The van der Waals surface area contributed by atoms with E-state index in [4.69, 9.17) is 22.3 Å². The fraction of sp³-hybridized carbons (Fsp3) is 0.250. The van der Waals surface area contributed by atoms with Gasteiger partial charge in [-0.2, -0.15) is 0 Å². The van der Waals surface area contributed by atoms with Crippen LogP contribution in [0.1, 0.15) is 44.4 Å². The van der Waals surface area contributed by atoms with Gasteiger partial charge in [-0.1, -0.05) is 87.8 Å². The fourth-order valence-electron chi connectivity index (χ4n) is 4.54. The number of aromatic nitrogens is 1. The summed E-state index contributed by atoms with van der Waals surface area (Å²) in [7, 11) is 0. The molecule has 3 aromatic carbocycles. The van der Waals surface area contributed by atoms with Crippen molar-refractivity contribution in [3.8, 4) is 5.88 Å². The molecule has 0 unspecified atom stereocenters. The predicted molar refractivity (Wildman–Crippen MR) is 139 cm³/mol. The average molecular weight is 460 g/mol. The summed E-state index contributed by atoms with van der Waals surface area (Å²) >= 11 is 6.16. The van der Waals surface area contributed by atoms with Crippen molar-refractivity contribution in [3.63, 3.8) is 0 Å². The first kappa shape index (κ1) is 23.1. The van der Waals surface area contributed by atoms with Crippen molar-refractivity contribution in [1.82, 2.24) is 4.98 Å². The summed E-state index contributed by atoms with van der Waals surface area (Å²) in [5.74, 6) is 0.649. The first-order chi connectivity index (χ1) is 15.7. The van der Waals surface area contributed by atoms with Crippen molar-refractivity contribution < 1.29 is 5.11 Å². The van der Waals surface area contributed by atoms with Crippen molar-refractivity contribution in [1.29, 1.82) is 0 Å². The Balaban J connectivity index is 1.86. The highest BCUT2D eigenvalue weighted by atomic mass is 35.5. The second-order valence-electron chi connectivity index (χ2n) is 9.15. The molecule has 0 aliphatic carbocycles. The maximum atomic E-state index is 10.8. The van der Waals surface area contributed by atoms with Gasteiger partial charge in [-0.3, -0.25) is 0 Å². The maximum Gasteiger partial charge on any atom is 0.199 e. The van der Waals surface area contributed by atoms with Crippen LogP contribution in [-0.2, 0) is 5.54 Å². The Labute approximate surface area is 200 Å². The first-order valence-electron chi connectivity index (χ1n) is 11.3. The van der Waals surface area contributed by atoms with E-state index in [1.807, 2.05) is 54.6 Å². The minimum atomic E-state index is -0.418. The number of fused-ring (bicyclic) bond motifs is 1. The largest absolute Gasteiger partial charge is 0.494 e. The van der Waals surface area contributed by atoms with E-state index in [0.717, 1.165) is 27.7 Å². The third kappa shape index (κ3) is 4.29. The molecule has 0 aliphatic heterocycles. The van der Waals surface area contributed by atoms with Gasteiger partial charge in [0.1, 0.15) is 0 Å². The Morgan fingerprint density at radius 3 is 2.18 bits per heavy atom. The molecule has 0 radical (unpaired) electrons. The lowest BCUT2D eigenvalue weighted by Gasteiger charge is -2.38. The Bertz CT molecular complexity index is 1280. The zero-order valence-corrected chi connectivity index (χ0v) is 20.2. The molecule has 0 spiro atoms. The SMILES string of the molecule is CC(C)C(N)(c1ccc(N=C(c2ccccc2)c2c(O)[nH]c3cc(Cl)ccc23)cc1)C(C)C. The van der Waals surface area contributed by atoms with Gasteiger partial charge in [0.2, 0.25) is 0 Å². The van der Waals surface area contributed by atoms with Gasteiger partial charge in [0.25, 0.3) is 0 Å². The van der Waals surface area contributed by atoms with E-state index >= 15 is 0 Å². The summed E-state index contributed by atoms with van der Waals surface area (Å²) in [5.41, 5.74) is 11.3. The summed E-state index contributed by atoms with van der Waals surface area (Å²) in [6, 6.07) is 23.5. The summed E-state index contributed by atoms with van der Waals surface area (Å²) in [4.78, 5) is 8.01. The quantitative estimate of drug-likeness (QED) is 0.267. The van der Waals surface area contributed by atoms with Crippen molar-refractivity contribution in [2.24, 2.45) is 22.6 Å². The van der Waals surface area contributed by atoms with Crippen LogP contribution in [0.4, 0.5) is 5.69 Å². The summed E-state index contributed by atoms with van der Waals surface area (Å²) in [6.07, 6.45) is 0. The topological polar surface area (TPSA) is 74.4 Å². The van der Waals surface area contributed by atoms with E-state index in [1.165, 1.54) is 0 Å². The molecule has 0 aliphatic rings. The van der Waals surface area contributed by atoms with Crippen LogP contribution in [0.25, 0.3) is 10.9 Å². The van der Waals surface area contributed by atoms with Crippen LogP contribution >= 0.6 is 11.6 Å². The Kier molecular flexibility index (Phi) is 6.33. The highest BCUT2D eigenvalue weighted by molar-refractivity contribution is 6.31. The molecule has 0 saturated carbocycles. The molecule has 0 atom stereocenters. The number of nitrogens with two attached hydrogens (primary N) is 1. The molecule has 1 aromatic heterocycles. The number of aromatic hydroxyl groups is 1. The van der Waals surface area contributed by atoms with Crippen molar-refractivity contribution in [2.45, 2.75) is 33.2 Å². The number of H-pyrrole nitrogens is 1. The molecule has 4 rings (SSSR count). The van der Waals surface area contributed by atoms with E-state index < -0.39 is 5.54 Å². The van der Waals surface area contributed by atoms with Crippen LogP contribution < -0.4 is 5.73 Å². The number of aromatic amines is 1. The van der Waals surface area contributed by atoms with Gasteiger partial charge in [-0.05, 0) is 41.7 Å². The molecule has 0 saturated heterocycles. The molecular weight excluding hydrogens is 430 g/mol. The number of benzene rings is 3. The summed E-state index contributed by atoms with van der Waals surface area (Å²) < 4.78 is 0. The third-order valence-corrected chi connectivity index (χ3v) is 6.78. The van der Waals surface area contributed by atoms with Gasteiger partial charge in [-0.15, -0.1) is 0 Å². The minimum Gasteiger partial charge on any atom is -0.494 e. The van der Waals surface area contributed by atoms with Crippen molar-refractivity contribution in [3.05, 3.63) is 94.5 Å². The summed E-state index contributed by atoms with van der Waals surface area (Å²) in [6.45, 7) is 8.63. The second-order valence-corrected chi connectivity index (χ2v) is 9.59. The highest BCUT2D eigenvalue weighted by Gasteiger charge is 2.34. The number of rotatable bonds is 6. The normalized spacial score (nSPS) is 12.8. The van der Waals surface area contributed by atoms with Gasteiger partial charge in [0.05, 0.1) is 22.5 Å². The number of halogens is 1. The van der Waals surface area contributed by atoms with Crippen LogP contribution in [0, 0.1) is 11.8 Å². The molecule has 33 heavy (non-hydrogen) atoms. The summed E-state index contributed by atoms with van der Waals surface area (Å²) in [5, 5.41) is 12.3. The molecule has 1 heterocycles. The monoisotopic (exact) mass is 459 g/mol. The molecule has 4 aromatic rings. The number of hydrogen-bond acceptors (Lipinski definition) is 3. The lowest BCUT2D eigenvalue weighted by Crippen LogP contribution is -2.46. The molecule has 170 valence electrons. The van der Waals surface area contributed by atoms with Crippen LogP contribution in [0.5, 0.6) is 5.88 Å². The van der Waals surface area contributed by atoms with Gasteiger partial charge in [0.15, 0.2) is 5.88 Å².